The van der Waals surface area contributed by atoms with E-state index in [0.29, 0.717) is 45.0 Å². The van der Waals surface area contributed by atoms with Crippen LogP contribution in [0.3, 0.4) is 0 Å². The normalized spacial score (nSPS) is 18.2. The summed E-state index contributed by atoms with van der Waals surface area (Å²) in [6, 6.07) is 7.77. The lowest BCUT2D eigenvalue weighted by atomic mass is 10.0. The van der Waals surface area contributed by atoms with Gasteiger partial charge in [-0.3, -0.25) is 9.48 Å². The lowest BCUT2D eigenvalue weighted by Gasteiger charge is -2.29. The zero-order valence-corrected chi connectivity index (χ0v) is 17.4. The molecule has 8 heteroatoms. The number of carbonyl (C=O) groups excluding carboxylic acids is 2. The number of benzene rings is 1. The van der Waals surface area contributed by atoms with Crippen LogP contribution in [0.1, 0.15) is 40.7 Å². The van der Waals surface area contributed by atoms with Crippen molar-refractivity contribution < 1.29 is 23.8 Å². The van der Waals surface area contributed by atoms with Crippen LogP contribution in [0, 0.1) is 5.92 Å². The molecule has 1 amide bonds. The van der Waals surface area contributed by atoms with Crippen LogP contribution in [0.2, 0.25) is 0 Å². The fourth-order valence-electron chi connectivity index (χ4n) is 4.06. The lowest BCUT2D eigenvalue weighted by Crippen LogP contribution is -2.40. The van der Waals surface area contributed by atoms with Gasteiger partial charge in [0.25, 0.3) is 0 Å². The van der Waals surface area contributed by atoms with E-state index in [1.54, 1.807) is 14.0 Å². The van der Waals surface area contributed by atoms with Crippen LogP contribution >= 0.6 is 0 Å². The number of fused-ring (bicyclic) bond motifs is 1. The predicted molar refractivity (Wildman–Crippen MR) is 108 cm³/mol. The van der Waals surface area contributed by atoms with E-state index in [4.69, 9.17) is 14.2 Å². The van der Waals surface area contributed by atoms with Crippen LogP contribution in [-0.4, -0.2) is 60.0 Å². The number of amides is 1. The largest absolute Gasteiger partial charge is 0.497 e. The van der Waals surface area contributed by atoms with Crippen molar-refractivity contribution in [2.75, 3.05) is 33.5 Å². The molecule has 2 aromatic rings. The van der Waals surface area contributed by atoms with Crippen LogP contribution in [-0.2, 0) is 33.8 Å². The first-order valence-electron chi connectivity index (χ1n) is 10.4. The summed E-state index contributed by atoms with van der Waals surface area (Å²) in [6.45, 7) is 4.68. The number of esters is 1. The Morgan fingerprint density at radius 3 is 2.73 bits per heavy atom. The summed E-state index contributed by atoms with van der Waals surface area (Å²) in [5.74, 6) is 0.349. The number of hydrogen-bond acceptors (Lipinski definition) is 6. The Labute approximate surface area is 175 Å². The van der Waals surface area contributed by atoms with Crippen LogP contribution in [0.4, 0.5) is 0 Å². The van der Waals surface area contributed by atoms with Crippen molar-refractivity contribution in [3.8, 4) is 5.75 Å². The molecule has 2 aliphatic heterocycles. The molecule has 30 heavy (non-hydrogen) atoms. The minimum Gasteiger partial charge on any atom is -0.497 e. The van der Waals surface area contributed by atoms with Crippen LogP contribution in [0.15, 0.2) is 24.3 Å². The van der Waals surface area contributed by atoms with Gasteiger partial charge in [-0.05, 0) is 31.0 Å². The van der Waals surface area contributed by atoms with E-state index >= 15 is 0 Å². The summed E-state index contributed by atoms with van der Waals surface area (Å²) in [5, 5.41) is 4.59. The van der Waals surface area contributed by atoms with E-state index in [-0.39, 0.29) is 18.4 Å². The van der Waals surface area contributed by atoms with Gasteiger partial charge in [-0.1, -0.05) is 12.1 Å². The minimum absolute atomic E-state index is 0.0908. The third-order valence-electron chi connectivity index (χ3n) is 5.68. The van der Waals surface area contributed by atoms with Gasteiger partial charge in [0, 0.05) is 37.4 Å². The Kier molecular flexibility index (Phi) is 6.03. The van der Waals surface area contributed by atoms with Crippen molar-refractivity contribution in [2.45, 2.75) is 32.9 Å². The number of hydrogen-bond donors (Lipinski definition) is 0. The van der Waals surface area contributed by atoms with Crippen LogP contribution in [0.5, 0.6) is 5.75 Å². The van der Waals surface area contributed by atoms with Gasteiger partial charge in [0.15, 0.2) is 5.69 Å². The number of methoxy groups -OCH3 is 1. The summed E-state index contributed by atoms with van der Waals surface area (Å²) >= 11 is 0. The molecule has 1 aromatic carbocycles. The molecule has 0 spiro atoms. The number of ether oxygens (including phenoxy) is 3. The zero-order valence-electron chi connectivity index (χ0n) is 17.4. The fraction of sp³-hybridized carbons (Fsp3) is 0.500. The van der Waals surface area contributed by atoms with E-state index in [1.165, 1.54) is 0 Å². The van der Waals surface area contributed by atoms with Gasteiger partial charge in [-0.15, -0.1) is 0 Å². The van der Waals surface area contributed by atoms with Crippen molar-refractivity contribution in [1.29, 1.82) is 0 Å². The van der Waals surface area contributed by atoms with Gasteiger partial charge in [-0.25, -0.2) is 4.79 Å². The van der Waals surface area contributed by atoms with E-state index in [0.717, 1.165) is 29.0 Å². The summed E-state index contributed by atoms with van der Waals surface area (Å²) < 4.78 is 17.7. The molecule has 2 aliphatic rings. The van der Waals surface area contributed by atoms with Crippen LogP contribution in [0.25, 0.3) is 0 Å². The fourth-order valence-corrected chi connectivity index (χ4v) is 4.06. The SMILES string of the molecule is CCOC(=O)c1nn(Cc2ccc(OC)cc2)c2c1CN(C(=O)C1CCOC1)CC2. The quantitative estimate of drug-likeness (QED) is 0.674. The second-order valence-corrected chi connectivity index (χ2v) is 7.57. The van der Waals surface area contributed by atoms with E-state index in [9.17, 15) is 9.59 Å². The van der Waals surface area contributed by atoms with Crippen molar-refractivity contribution >= 4 is 11.9 Å². The molecule has 1 unspecified atom stereocenters. The molecule has 0 aliphatic carbocycles. The van der Waals surface area contributed by atoms with Gasteiger partial charge in [0.05, 0.1) is 32.8 Å². The van der Waals surface area contributed by atoms with Crippen LogP contribution < -0.4 is 4.74 Å². The minimum atomic E-state index is -0.444. The molecule has 1 fully saturated rings. The van der Waals surface area contributed by atoms with Crippen molar-refractivity contribution in [1.82, 2.24) is 14.7 Å². The first-order valence-corrected chi connectivity index (χ1v) is 10.4. The highest BCUT2D eigenvalue weighted by atomic mass is 16.5. The molecular formula is C22H27N3O5. The maximum Gasteiger partial charge on any atom is 0.359 e. The van der Waals surface area contributed by atoms with Gasteiger partial charge >= 0.3 is 5.97 Å². The van der Waals surface area contributed by atoms with Crippen molar-refractivity contribution in [2.24, 2.45) is 5.92 Å². The highest BCUT2D eigenvalue weighted by Gasteiger charge is 2.34. The van der Waals surface area contributed by atoms with Gasteiger partial charge in [0.2, 0.25) is 5.91 Å². The molecule has 4 rings (SSSR count). The first kappa shape index (κ1) is 20.4. The monoisotopic (exact) mass is 413 g/mol. The summed E-state index contributed by atoms with van der Waals surface area (Å²) in [6.07, 6.45) is 1.40. The van der Waals surface area contributed by atoms with E-state index in [2.05, 4.69) is 5.10 Å². The molecule has 160 valence electrons. The Hall–Kier alpha value is -2.87. The molecule has 1 aromatic heterocycles. The highest BCUT2D eigenvalue weighted by Crippen LogP contribution is 2.27. The average Bonchev–Trinajstić information content (AvgIpc) is 3.42. The summed E-state index contributed by atoms with van der Waals surface area (Å²) in [7, 11) is 1.63. The molecule has 1 saturated heterocycles. The molecule has 8 nitrogen and oxygen atoms in total. The Morgan fingerprint density at radius 2 is 2.07 bits per heavy atom. The smallest absolute Gasteiger partial charge is 0.359 e. The number of aromatic nitrogens is 2. The molecule has 0 N–H and O–H groups in total. The molecular weight excluding hydrogens is 386 g/mol. The summed E-state index contributed by atoms with van der Waals surface area (Å²) in [5.41, 5.74) is 3.14. The van der Waals surface area contributed by atoms with Crippen molar-refractivity contribution in [3.05, 3.63) is 46.8 Å². The molecule has 0 radical (unpaired) electrons. The van der Waals surface area contributed by atoms with Gasteiger partial charge in [0.1, 0.15) is 5.75 Å². The van der Waals surface area contributed by atoms with E-state index in [1.807, 2.05) is 33.8 Å². The Bertz CT molecular complexity index is 916. The summed E-state index contributed by atoms with van der Waals surface area (Å²) in [4.78, 5) is 27.2. The second kappa shape index (κ2) is 8.87. The average molecular weight is 413 g/mol. The molecule has 1 atom stereocenters. The number of nitrogens with zero attached hydrogens (tertiary/aromatic N) is 3. The molecule has 0 bridgehead atoms. The standard InChI is InChI=1S/C22H27N3O5/c1-3-30-22(27)20-18-13-24(21(26)16-9-11-29-14-16)10-8-19(18)25(23-20)12-15-4-6-17(28-2)7-5-15/h4-7,16H,3,8-14H2,1-2H3. The number of rotatable bonds is 6. The maximum absolute atomic E-state index is 12.9. The molecule has 0 saturated carbocycles. The van der Waals surface area contributed by atoms with E-state index < -0.39 is 5.97 Å². The third kappa shape index (κ3) is 4.05. The highest BCUT2D eigenvalue weighted by molar-refractivity contribution is 5.89. The predicted octanol–water partition coefficient (Wildman–Crippen LogP) is 2.04. The lowest BCUT2D eigenvalue weighted by molar-refractivity contribution is -0.136. The zero-order chi connectivity index (χ0) is 21.1. The van der Waals surface area contributed by atoms with Crippen molar-refractivity contribution in [3.63, 3.8) is 0 Å². The molecule has 3 heterocycles. The topological polar surface area (TPSA) is 82.9 Å². The second-order valence-electron chi connectivity index (χ2n) is 7.57. The van der Waals surface area contributed by atoms with Gasteiger partial charge < -0.3 is 19.1 Å². The first-order chi connectivity index (χ1) is 14.6. The Balaban J connectivity index is 1.60. The number of carbonyl (C=O) groups is 2. The third-order valence-corrected chi connectivity index (χ3v) is 5.68. The Morgan fingerprint density at radius 1 is 1.27 bits per heavy atom. The van der Waals surface area contributed by atoms with Gasteiger partial charge in [-0.2, -0.15) is 5.10 Å². The maximum atomic E-state index is 12.9.